The molecule has 108 valence electrons. The number of nitrogens with one attached hydrogen (secondary N) is 1. The van der Waals surface area contributed by atoms with Gasteiger partial charge in [0.25, 0.3) is 0 Å². The third-order valence-electron chi connectivity index (χ3n) is 2.80. The molecule has 2 aromatic rings. The normalized spacial score (nSPS) is 9.95. The molecule has 2 aromatic carbocycles. The minimum Gasteiger partial charge on any atom is -0.444 e. The van der Waals surface area contributed by atoms with Crippen LogP contribution in [0.4, 0.5) is 10.5 Å². The molecule has 0 spiro atoms. The second kappa shape index (κ2) is 7.45. The number of anilines is 1. The Kier molecular flexibility index (Phi) is 5.35. The number of hydrogen-bond donors (Lipinski definition) is 1. The maximum atomic E-state index is 11.6. The molecule has 0 saturated heterocycles. The number of carbonyl (C=O) groups is 2. The number of amides is 1. The zero-order valence-electron chi connectivity index (χ0n) is 11.2. The first-order valence-corrected chi connectivity index (χ1v) is 6.76. The number of rotatable bonds is 5. The Balaban J connectivity index is 1.83. The lowest BCUT2D eigenvalue weighted by Crippen LogP contribution is -2.13. The van der Waals surface area contributed by atoms with Gasteiger partial charge in [-0.3, -0.25) is 5.32 Å². The molecule has 0 aliphatic carbocycles. The van der Waals surface area contributed by atoms with E-state index in [1.807, 2.05) is 0 Å². The Bertz CT molecular complexity index is 608. The van der Waals surface area contributed by atoms with Crippen LogP contribution >= 0.6 is 11.6 Å². The van der Waals surface area contributed by atoms with Crippen molar-refractivity contribution in [2.75, 3.05) is 5.32 Å². The van der Waals surface area contributed by atoms with Gasteiger partial charge in [-0.05, 0) is 35.4 Å². The van der Waals surface area contributed by atoms with Gasteiger partial charge >= 0.3 is 6.09 Å². The molecule has 0 atom stereocenters. The van der Waals surface area contributed by atoms with Crippen LogP contribution in [0.1, 0.15) is 11.1 Å². The molecule has 21 heavy (non-hydrogen) atoms. The minimum atomic E-state index is -0.534. The molecule has 0 bridgehead atoms. The van der Waals surface area contributed by atoms with Crippen molar-refractivity contribution in [3.63, 3.8) is 0 Å². The monoisotopic (exact) mass is 303 g/mol. The Labute approximate surface area is 127 Å². The lowest BCUT2D eigenvalue weighted by Gasteiger charge is -2.07. The highest BCUT2D eigenvalue weighted by Gasteiger charge is 2.04. The fraction of sp³-hybridized carbons (Fsp3) is 0.125. The van der Waals surface area contributed by atoms with Crippen LogP contribution < -0.4 is 5.32 Å². The van der Waals surface area contributed by atoms with Gasteiger partial charge in [0.15, 0.2) is 0 Å². The molecule has 1 amide bonds. The van der Waals surface area contributed by atoms with Crippen molar-refractivity contribution in [3.8, 4) is 0 Å². The van der Waals surface area contributed by atoms with Crippen molar-refractivity contribution in [1.82, 2.24) is 0 Å². The Morgan fingerprint density at radius 2 is 1.67 bits per heavy atom. The molecule has 0 aliphatic rings. The molecule has 0 saturated carbocycles. The molecule has 0 unspecified atom stereocenters. The fourth-order valence-electron chi connectivity index (χ4n) is 1.70. The van der Waals surface area contributed by atoms with Crippen LogP contribution in [0, 0.1) is 0 Å². The third kappa shape index (κ3) is 4.93. The summed E-state index contributed by atoms with van der Waals surface area (Å²) in [5.41, 5.74) is 2.37. The molecule has 0 fully saturated rings. The predicted molar refractivity (Wildman–Crippen MR) is 81.5 cm³/mol. The van der Waals surface area contributed by atoms with Crippen LogP contribution in [0.5, 0.6) is 0 Å². The topological polar surface area (TPSA) is 55.4 Å². The molecular formula is C16H14ClNO3. The van der Waals surface area contributed by atoms with E-state index in [0.717, 1.165) is 17.4 Å². The van der Waals surface area contributed by atoms with Gasteiger partial charge in [-0.15, -0.1) is 0 Å². The highest BCUT2D eigenvalue weighted by Crippen LogP contribution is 2.12. The number of hydrogen-bond acceptors (Lipinski definition) is 3. The van der Waals surface area contributed by atoms with Gasteiger partial charge in [0.05, 0.1) is 0 Å². The number of halogens is 1. The third-order valence-corrected chi connectivity index (χ3v) is 3.05. The summed E-state index contributed by atoms with van der Waals surface area (Å²) < 4.78 is 5.10. The molecular weight excluding hydrogens is 290 g/mol. The summed E-state index contributed by atoms with van der Waals surface area (Å²) in [5, 5.41) is 3.25. The summed E-state index contributed by atoms with van der Waals surface area (Å²) in [7, 11) is 0. The van der Waals surface area contributed by atoms with Crippen molar-refractivity contribution < 1.29 is 14.3 Å². The molecule has 4 nitrogen and oxygen atoms in total. The van der Waals surface area contributed by atoms with Gasteiger partial charge in [-0.2, -0.15) is 0 Å². The van der Waals surface area contributed by atoms with Gasteiger partial charge in [0.1, 0.15) is 12.9 Å². The van der Waals surface area contributed by atoms with Gasteiger partial charge in [-0.1, -0.05) is 35.9 Å². The van der Waals surface area contributed by atoms with E-state index in [0.29, 0.717) is 17.1 Å². The first kappa shape index (κ1) is 15.1. The largest absolute Gasteiger partial charge is 0.444 e. The lowest BCUT2D eigenvalue weighted by molar-refractivity contribution is -0.107. The van der Waals surface area contributed by atoms with E-state index in [1.165, 1.54) is 0 Å². The second-order valence-corrected chi connectivity index (χ2v) is 4.83. The molecule has 1 N–H and O–H groups in total. The fourth-order valence-corrected chi connectivity index (χ4v) is 1.83. The molecule has 0 aliphatic heterocycles. The summed E-state index contributed by atoms with van der Waals surface area (Å²) >= 11 is 5.77. The summed E-state index contributed by atoms with van der Waals surface area (Å²) in [4.78, 5) is 22.0. The highest BCUT2D eigenvalue weighted by molar-refractivity contribution is 6.30. The van der Waals surface area contributed by atoms with Crippen molar-refractivity contribution >= 4 is 29.7 Å². The van der Waals surface area contributed by atoms with Crippen LogP contribution in [0.2, 0.25) is 5.02 Å². The number of ether oxygens (including phenoxy) is 1. The van der Waals surface area contributed by atoms with Crippen molar-refractivity contribution in [1.29, 1.82) is 0 Å². The van der Waals surface area contributed by atoms with Crippen LogP contribution in [-0.2, 0) is 22.6 Å². The van der Waals surface area contributed by atoms with Crippen LogP contribution in [-0.4, -0.2) is 12.4 Å². The zero-order chi connectivity index (χ0) is 15.1. The van der Waals surface area contributed by atoms with E-state index in [1.54, 1.807) is 48.5 Å². The molecule has 0 heterocycles. The smallest absolute Gasteiger partial charge is 0.411 e. The summed E-state index contributed by atoms with van der Waals surface area (Å²) in [6.07, 6.45) is 0.664. The summed E-state index contributed by atoms with van der Waals surface area (Å²) in [6, 6.07) is 14.1. The van der Waals surface area contributed by atoms with Crippen LogP contribution in [0.3, 0.4) is 0 Å². The zero-order valence-corrected chi connectivity index (χ0v) is 12.0. The van der Waals surface area contributed by atoms with Gasteiger partial charge in [0.2, 0.25) is 0 Å². The first-order valence-electron chi connectivity index (χ1n) is 6.38. The molecule has 0 radical (unpaired) electrons. The average Bonchev–Trinajstić information content (AvgIpc) is 2.49. The number of aldehydes is 1. The van der Waals surface area contributed by atoms with E-state index in [2.05, 4.69) is 5.32 Å². The van der Waals surface area contributed by atoms with Gasteiger partial charge in [0, 0.05) is 17.1 Å². The standard InChI is InChI=1S/C16H14ClNO3/c17-14-5-1-13(2-6-14)11-21-16(20)18-15-7-3-12(4-8-15)9-10-19/h1-8,10H,9,11H2,(H,18,20). The highest BCUT2D eigenvalue weighted by atomic mass is 35.5. The second-order valence-electron chi connectivity index (χ2n) is 4.40. The minimum absolute atomic E-state index is 0.173. The van der Waals surface area contributed by atoms with E-state index in [-0.39, 0.29) is 6.61 Å². The Morgan fingerprint density at radius 3 is 2.29 bits per heavy atom. The molecule has 0 aromatic heterocycles. The van der Waals surface area contributed by atoms with E-state index < -0.39 is 6.09 Å². The molecule has 5 heteroatoms. The van der Waals surface area contributed by atoms with E-state index >= 15 is 0 Å². The van der Waals surface area contributed by atoms with E-state index in [4.69, 9.17) is 16.3 Å². The first-order chi connectivity index (χ1) is 10.2. The quantitative estimate of drug-likeness (QED) is 0.854. The van der Waals surface area contributed by atoms with Gasteiger partial charge < -0.3 is 9.53 Å². The van der Waals surface area contributed by atoms with Crippen molar-refractivity contribution in [2.45, 2.75) is 13.0 Å². The Morgan fingerprint density at radius 1 is 1.05 bits per heavy atom. The Hall–Kier alpha value is -2.33. The summed E-state index contributed by atoms with van der Waals surface area (Å²) in [6.45, 7) is 0.173. The van der Waals surface area contributed by atoms with E-state index in [9.17, 15) is 9.59 Å². The summed E-state index contributed by atoms with van der Waals surface area (Å²) in [5.74, 6) is 0. The molecule has 2 rings (SSSR count). The van der Waals surface area contributed by atoms with Crippen molar-refractivity contribution in [3.05, 3.63) is 64.7 Å². The SMILES string of the molecule is O=CCc1ccc(NC(=O)OCc2ccc(Cl)cc2)cc1. The van der Waals surface area contributed by atoms with Crippen LogP contribution in [0.15, 0.2) is 48.5 Å². The predicted octanol–water partition coefficient (Wildman–Crippen LogP) is 3.83. The number of benzene rings is 2. The maximum Gasteiger partial charge on any atom is 0.411 e. The van der Waals surface area contributed by atoms with Crippen LogP contribution in [0.25, 0.3) is 0 Å². The lowest BCUT2D eigenvalue weighted by atomic mass is 10.1. The van der Waals surface area contributed by atoms with Crippen molar-refractivity contribution in [2.24, 2.45) is 0 Å². The maximum absolute atomic E-state index is 11.6. The average molecular weight is 304 g/mol. The number of carbonyl (C=O) groups excluding carboxylic acids is 2. The van der Waals surface area contributed by atoms with Gasteiger partial charge in [-0.25, -0.2) is 4.79 Å².